The second kappa shape index (κ2) is 9.11. The average Bonchev–Trinajstić information content (AvgIpc) is 3.18. The Morgan fingerprint density at radius 2 is 1.62 bits per heavy atom. The van der Waals surface area contributed by atoms with Gasteiger partial charge in [-0.2, -0.15) is 0 Å². The lowest BCUT2D eigenvalue weighted by Gasteiger charge is -2.36. The largest absolute Gasteiger partial charge is 0.342 e. The van der Waals surface area contributed by atoms with Gasteiger partial charge in [0.1, 0.15) is 0 Å². The number of carbonyl (C=O) groups is 2. The highest BCUT2D eigenvalue weighted by atomic mass is 35.5. The minimum atomic E-state index is -0.131. The Hall–Kier alpha value is -1.24. The Kier molecular flexibility index (Phi) is 6.84. The fourth-order valence-electron chi connectivity index (χ4n) is 3.41. The van der Waals surface area contributed by atoms with E-state index in [1.54, 1.807) is 11.8 Å². The van der Waals surface area contributed by atoms with E-state index in [4.69, 9.17) is 11.6 Å². The Morgan fingerprint density at radius 3 is 2.23 bits per heavy atom. The average molecular weight is 396 g/mol. The molecule has 0 aliphatic carbocycles. The number of likely N-dealkylation sites (tertiary alicyclic amines) is 1. The molecule has 2 aliphatic heterocycles. The molecule has 7 heteroatoms. The van der Waals surface area contributed by atoms with Crippen LogP contribution in [0.1, 0.15) is 19.8 Å². The molecule has 0 spiro atoms. The van der Waals surface area contributed by atoms with Gasteiger partial charge in [-0.1, -0.05) is 11.6 Å². The summed E-state index contributed by atoms with van der Waals surface area (Å²) in [7, 11) is 0. The molecule has 2 fully saturated rings. The molecule has 1 atom stereocenters. The SMILES string of the molecule is CC(Sc1ccc(Cl)cc1)C(=O)N1CCN(CC(=O)N2CCCC2)CC1. The summed E-state index contributed by atoms with van der Waals surface area (Å²) in [6.07, 6.45) is 2.24. The zero-order chi connectivity index (χ0) is 18.5. The van der Waals surface area contributed by atoms with Gasteiger partial charge in [-0.3, -0.25) is 14.5 Å². The van der Waals surface area contributed by atoms with Crippen LogP contribution in [-0.4, -0.2) is 77.6 Å². The van der Waals surface area contributed by atoms with Crippen LogP contribution in [0.15, 0.2) is 29.2 Å². The number of benzene rings is 1. The quantitative estimate of drug-likeness (QED) is 0.719. The van der Waals surface area contributed by atoms with E-state index < -0.39 is 0 Å². The normalized spacial score (nSPS) is 19.6. The maximum Gasteiger partial charge on any atom is 0.236 e. The number of hydrogen-bond donors (Lipinski definition) is 0. The van der Waals surface area contributed by atoms with Gasteiger partial charge < -0.3 is 9.80 Å². The lowest BCUT2D eigenvalue weighted by atomic mass is 10.2. The Balaban J connectivity index is 1.43. The lowest BCUT2D eigenvalue weighted by molar-refractivity contribution is -0.134. The fourth-order valence-corrected chi connectivity index (χ4v) is 4.49. The van der Waals surface area contributed by atoms with Gasteiger partial charge in [0, 0.05) is 49.2 Å². The van der Waals surface area contributed by atoms with E-state index in [1.165, 1.54) is 0 Å². The van der Waals surface area contributed by atoms with Crippen molar-refractivity contribution in [3.8, 4) is 0 Å². The summed E-state index contributed by atoms with van der Waals surface area (Å²) in [5.74, 6) is 0.393. The van der Waals surface area contributed by atoms with Crippen LogP contribution < -0.4 is 0 Å². The topological polar surface area (TPSA) is 43.9 Å². The number of nitrogens with zero attached hydrogens (tertiary/aromatic N) is 3. The molecule has 3 rings (SSSR count). The molecule has 5 nitrogen and oxygen atoms in total. The molecular formula is C19H26ClN3O2S. The van der Waals surface area contributed by atoms with E-state index in [9.17, 15) is 9.59 Å². The Labute approximate surface area is 164 Å². The van der Waals surface area contributed by atoms with Gasteiger partial charge in [0.2, 0.25) is 11.8 Å². The minimum absolute atomic E-state index is 0.131. The molecule has 1 unspecified atom stereocenters. The van der Waals surface area contributed by atoms with Gasteiger partial charge in [-0.25, -0.2) is 0 Å². The highest BCUT2D eigenvalue weighted by Crippen LogP contribution is 2.26. The van der Waals surface area contributed by atoms with Crippen LogP contribution >= 0.6 is 23.4 Å². The molecule has 2 amide bonds. The molecule has 2 heterocycles. The van der Waals surface area contributed by atoms with E-state index in [0.717, 1.165) is 43.9 Å². The van der Waals surface area contributed by atoms with Gasteiger partial charge in [-0.15, -0.1) is 11.8 Å². The van der Waals surface area contributed by atoms with E-state index in [1.807, 2.05) is 41.0 Å². The van der Waals surface area contributed by atoms with Crippen LogP contribution in [-0.2, 0) is 9.59 Å². The standard InChI is InChI=1S/C19H26ClN3O2S/c1-15(26-17-6-4-16(20)5-7-17)19(25)23-12-10-21(11-13-23)14-18(24)22-8-2-3-9-22/h4-7,15H,2-3,8-14H2,1H3. The lowest BCUT2D eigenvalue weighted by Crippen LogP contribution is -2.52. The highest BCUT2D eigenvalue weighted by Gasteiger charge is 2.27. The third kappa shape index (κ3) is 5.15. The third-order valence-corrected chi connectivity index (χ3v) is 6.33. The molecule has 0 bridgehead atoms. The first-order chi connectivity index (χ1) is 12.5. The summed E-state index contributed by atoms with van der Waals surface area (Å²) >= 11 is 7.47. The van der Waals surface area contributed by atoms with E-state index in [-0.39, 0.29) is 17.1 Å². The number of carbonyl (C=O) groups excluding carboxylic acids is 2. The summed E-state index contributed by atoms with van der Waals surface area (Å²) in [6.45, 7) is 7.15. The number of thioether (sulfide) groups is 1. The van der Waals surface area contributed by atoms with Crippen LogP contribution in [0.3, 0.4) is 0 Å². The maximum absolute atomic E-state index is 12.7. The number of piperazine rings is 1. The maximum atomic E-state index is 12.7. The van der Waals surface area contributed by atoms with Gasteiger partial charge in [0.25, 0.3) is 0 Å². The van der Waals surface area contributed by atoms with E-state index in [2.05, 4.69) is 4.90 Å². The first kappa shape index (κ1) is 19.5. The van der Waals surface area contributed by atoms with Gasteiger partial charge >= 0.3 is 0 Å². The summed E-state index contributed by atoms with van der Waals surface area (Å²) in [6, 6.07) is 7.58. The van der Waals surface area contributed by atoms with Crippen molar-refractivity contribution in [2.24, 2.45) is 0 Å². The van der Waals surface area contributed by atoms with Gasteiger partial charge in [-0.05, 0) is 44.0 Å². The molecular weight excluding hydrogens is 370 g/mol. The van der Waals surface area contributed by atoms with Crippen LogP contribution in [0.5, 0.6) is 0 Å². The van der Waals surface area contributed by atoms with Crippen molar-refractivity contribution in [2.45, 2.75) is 29.9 Å². The molecule has 26 heavy (non-hydrogen) atoms. The molecule has 0 radical (unpaired) electrons. The second-order valence-corrected chi connectivity index (χ2v) is 8.75. The van der Waals surface area contributed by atoms with Crippen molar-refractivity contribution in [1.29, 1.82) is 0 Å². The summed E-state index contributed by atoms with van der Waals surface area (Å²) < 4.78 is 0. The predicted molar refractivity (Wildman–Crippen MR) is 106 cm³/mol. The first-order valence-corrected chi connectivity index (χ1v) is 10.5. The number of rotatable bonds is 5. The minimum Gasteiger partial charge on any atom is -0.342 e. The van der Waals surface area contributed by atoms with Crippen LogP contribution in [0, 0.1) is 0 Å². The fraction of sp³-hybridized carbons (Fsp3) is 0.579. The summed E-state index contributed by atoms with van der Waals surface area (Å²) in [5, 5.41) is 0.571. The Morgan fingerprint density at radius 1 is 1.00 bits per heavy atom. The number of halogens is 1. The van der Waals surface area contributed by atoms with Crippen molar-refractivity contribution in [1.82, 2.24) is 14.7 Å². The van der Waals surface area contributed by atoms with Crippen molar-refractivity contribution in [3.05, 3.63) is 29.3 Å². The molecule has 2 aliphatic rings. The highest BCUT2D eigenvalue weighted by molar-refractivity contribution is 8.00. The molecule has 142 valence electrons. The third-order valence-electron chi connectivity index (χ3n) is 4.98. The second-order valence-electron chi connectivity index (χ2n) is 6.90. The number of hydrogen-bond acceptors (Lipinski definition) is 4. The van der Waals surface area contributed by atoms with Crippen LogP contribution in [0.4, 0.5) is 0 Å². The van der Waals surface area contributed by atoms with E-state index in [0.29, 0.717) is 24.7 Å². The molecule has 0 saturated carbocycles. The number of amides is 2. The van der Waals surface area contributed by atoms with Crippen molar-refractivity contribution in [2.75, 3.05) is 45.8 Å². The zero-order valence-corrected chi connectivity index (χ0v) is 16.8. The van der Waals surface area contributed by atoms with Gasteiger partial charge in [0.05, 0.1) is 11.8 Å². The molecule has 2 saturated heterocycles. The monoisotopic (exact) mass is 395 g/mol. The Bertz CT molecular complexity index is 626. The van der Waals surface area contributed by atoms with Crippen LogP contribution in [0.25, 0.3) is 0 Å². The molecule has 0 N–H and O–H groups in total. The van der Waals surface area contributed by atoms with Crippen molar-refractivity contribution in [3.63, 3.8) is 0 Å². The molecule has 1 aromatic carbocycles. The first-order valence-electron chi connectivity index (χ1n) is 9.24. The van der Waals surface area contributed by atoms with Crippen molar-refractivity contribution >= 4 is 35.2 Å². The van der Waals surface area contributed by atoms with Gasteiger partial charge in [0.15, 0.2) is 0 Å². The smallest absolute Gasteiger partial charge is 0.236 e. The predicted octanol–water partition coefficient (Wildman–Crippen LogP) is 2.59. The van der Waals surface area contributed by atoms with E-state index >= 15 is 0 Å². The molecule has 1 aromatic rings. The van der Waals surface area contributed by atoms with Crippen LogP contribution in [0.2, 0.25) is 5.02 Å². The summed E-state index contributed by atoms with van der Waals surface area (Å²) in [5.41, 5.74) is 0. The zero-order valence-electron chi connectivity index (χ0n) is 15.2. The van der Waals surface area contributed by atoms with Crippen molar-refractivity contribution < 1.29 is 9.59 Å². The molecule has 0 aromatic heterocycles. The summed E-state index contributed by atoms with van der Waals surface area (Å²) in [4.78, 5) is 32.0.